The number of rotatable bonds is 4. The molecule has 2 aromatic rings. The molecule has 0 aliphatic carbocycles. The van der Waals surface area contributed by atoms with Gasteiger partial charge in [0.1, 0.15) is 0 Å². The Bertz CT molecular complexity index is 615. The highest BCUT2D eigenvalue weighted by atomic mass is 16.5. The molecule has 2 N–H and O–H groups in total. The van der Waals surface area contributed by atoms with Crippen LogP contribution in [0.3, 0.4) is 0 Å². The summed E-state index contributed by atoms with van der Waals surface area (Å²) in [5.41, 5.74) is -0.833. The van der Waals surface area contributed by atoms with Gasteiger partial charge >= 0.3 is 5.63 Å². The highest BCUT2D eigenvalue weighted by molar-refractivity contribution is 5.89. The molecule has 5 heteroatoms. The van der Waals surface area contributed by atoms with E-state index in [2.05, 4.69) is 0 Å². The Kier molecular flexibility index (Phi) is 3.41. The van der Waals surface area contributed by atoms with Gasteiger partial charge in [-0.05, 0) is 18.6 Å². The summed E-state index contributed by atoms with van der Waals surface area (Å²) >= 11 is 0. The lowest BCUT2D eigenvalue weighted by atomic mass is 10.2. The predicted octanol–water partition coefficient (Wildman–Crippen LogP) is 2.38. The van der Waals surface area contributed by atoms with E-state index in [0.29, 0.717) is 6.61 Å². The second kappa shape index (κ2) is 5.00. The first-order valence-corrected chi connectivity index (χ1v) is 5.75. The summed E-state index contributed by atoms with van der Waals surface area (Å²) in [6.45, 7) is 2.32. The molecular formula is C13H14O5. The van der Waals surface area contributed by atoms with Crippen LogP contribution in [0.25, 0.3) is 11.0 Å². The standard InChI is InChI=1S/C13H14O5/c1-2-3-7-17-12-10(15)8-5-4-6-9(14)11(8)18-13(12)16/h4-6,14-15H,2-3,7H2,1H3. The molecule has 5 nitrogen and oxygen atoms in total. The van der Waals surface area contributed by atoms with Crippen LogP contribution in [0.4, 0.5) is 0 Å². The van der Waals surface area contributed by atoms with Crippen LogP contribution in [0.1, 0.15) is 19.8 Å². The van der Waals surface area contributed by atoms with Crippen molar-refractivity contribution >= 4 is 11.0 Å². The van der Waals surface area contributed by atoms with Crippen LogP contribution in [-0.4, -0.2) is 16.8 Å². The molecule has 0 radical (unpaired) electrons. The van der Waals surface area contributed by atoms with E-state index in [0.717, 1.165) is 12.8 Å². The second-order valence-corrected chi connectivity index (χ2v) is 3.92. The minimum absolute atomic E-state index is 0.0390. The zero-order chi connectivity index (χ0) is 13.1. The normalized spacial score (nSPS) is 10.7. The third-order valence-electron chi connectivity index (χ3n) is 2.59. The number of para-hydroxylation sites is 1. The molecule has 1 aromatic carbocycles. The average molecular weight is 250 g/mol. The van der Waals surface area contributed by atoms with Crippen molar-refractivity contribution < 1.29 is 19.4 Å². The summed E-state index contributed by atoms with van der Waals surface area (Å²) in [4.78, 5) is 11.6. The van der Waals surface area contributed by atoms with Crippen LogP contribution >= 0.6 is 0 Å². The molecule has 18 heavy (non-hydrogen) atoms. The minimum atomic E-state index is -0.794. The average Bonchev–Trinajstić information content (AvgIpc) is 2.35. The third-order valence-corrected chi connectivity index (χ3v) is 2.59. The number of unbranched alkanes of at least 4 members (excludes halogenated alkanes) is 1. The molecule has 2 rings (SSSR count). The summed E-state index contributed by atoms with van der Waals surface area (Å²) < 4.78 is 10.2. The van der Waals surface area contributed by atoms with Crippen molar-refractivity contribution in [1.29, 1.82) is 0 Å². The van der Waals surface area contributed by atoms with Gasteiger partial charge in [0.05, 0.1) is 12.0 Å². The van der Waals surface area contributed by atoms with E-state index >= 15 is 0 Å². The molecule has 0 bridgehead atoms. The van der Waals surface area contributed by atoms with Crippen molar-refractivity contribution in [3.8, 4) is 17.2 Å². The van der Waals surface area contributed by atoms with Crippen molar-refractivity contribution in [3.63, 3.8) is 0 Å². The topological polar surface area (TPSA) is 79.9 Å². The maximum atomic E-state index is 11.6. The van der Waals surface area contributed by atoms with Gasteiger partial charge in [-0.25, -0.2) is 4.79 Å². The first kappa shape index (κ1) is 12.3. The van der Waals surface area contributed by atoms with Crippen LogP contribution in [0.2, 0.25) is 0 Å². The summed E-state index contributed by atoms with van der Waals surface area (Å²) in [7, 11) is 0. The number of ether oxygens (including phenoxy) is 1. The molecule has 1 heterocycles. The fraction of sp³-hybridized carbons (Fsp3) is 0.308. The fourth-order valence-corrected chi connectivity index (χ4v) is 1.62. The largest absolute Gasteiger partial charge is 0.504 e. The van der Waals surface area contributed by atoms with Gasteiger partial charge in [0, 0.05) is 0 Å². The number of hydrogen-bond acceptors (Lipinski definition) is 5. The Hall–Kier alpha value is -2.17. The number of hydrogen-bond donors (Lipinski definition) is 2. The van der Waals surface area contributed by atoms with Crippen molar-refractivity contribution in [2.24, 2.45) is 0 Å². The molecule has 96 valence electrons. The van der Waals surface area contributed by atoms with Gasteiger partial charge in [0.25, 0.3) is 0 Å². The molecule has 0 unspecified atom stereocenters. The summed E-state index contributed by atoms with van der Waals surface area (Å²) in [6.07, 6.45) is 1.69. The van der Waals surface area contributed by atoms with Gasteiger partial charge in [0.15, 0.2) is 17.1 Å². The molecular weight excluding hydrogens is 236 g/mol. The van der Waals surface area contributed by atoms with Crippen molar-refractivity contribution in [1.82, 2.24) is 0 Å². The molecule has 0 saturated heterocycles. The fourth-order valence-electron chi connectivity index (χ4n) is 1.62. The Labute approximate surface area is 103 Å². The van der Waals surface area contributed by atoms with Gasteiger partial charge < -0.3 is 19.4 Å². The van der Waals surface area contributed by atoms with Crippen LogP contribution in [0.15, 0.2) is 27.4 Å². The van der Waals surface area contributed by atoms with E-state index in [1.807, 2.05) is 6.92 Å². The van der Waals surface area contributed by atoms with Gasteiger partial charge in [-0.2, -0.15) is 0 Å². The lowest BCUT2D eigenvalue weighted by Crippen LogP contribution is -2.08. The van der Waals surface area contributed by atoms with Gasteiger partial charge in [0.2, 0.25) is 5.75 Å². The van der Waals surface area contributed by atoms with Crippen molar-refractivity contribution in [2.45, 2.75) is 19.8 Å². The lowest BCUT2D eigenvalue weighted by molar-refractivity contribution is 0.278. The Morgan fingerprint density at radius 2 is 2.11 bits per heavy atom. The van der Waals surface area contributed by atoms with E-state index in [4.69, 9.17) is 9.15 Å². The molecule has 0 fully saturated rings. The van der Waals surface area contributed by atoms with E-state index in [-0.39, 0.29) is 28.2 Å². The number of aromatic hydroxyl groups is 2. The van der Waals surface area contributed by atoms with Gasteiger partial charge in [-0.3, -0.25) is 0 Å². The summed E-state index contributed by atoms with van der Waals surface area (Å²) in [5.74, 6) is -0.699. The summed E-state index contributed by atoms with van der Waals surface area (Å²) in [6, 6.07) is 4.47. The van der Waals surface area contributed by atoms with Crippen molar-refractivity contribution in [2.75, 3.05) is 6.61 Å². The van der Waals surface area contributed by atoms with Crippen LogP contribution in [0.5, 0.6) is 17.2 Å². The van der Waals surface area contributed by atoms with E-state index < -0.39 is 5.63 Å². The maximum absolute atomic E-state index is 11.6. The smallest absolute Gasteiger partial charge is 0.383 e. The lowest BCUT2D eigenvalue weighted by Gasteiger charge is -2.08. The molecule has 0 amide bonds. The number of phenolic OH excluding ortho intramolecular Hbond substituents is 1. The second-order valence-electron chi connectivity index (χ2n) is 3.92. The first-order chi connectivity index (χ1) is 8.65. The monoisotopic (exact) mass is 250 g/mol. The minimum Gasteiger partial charge on any atom is -0.504 e. The molecule has 0 saturated carbocycles. The predicted molar refractivity (Wildman–Crippen MR) is 66.2 cm³/mol. The highest BCUT2D eigenvalue weighted by Crippen LogP contribution is 2.34. The number of benzene rings is 1. The molecule has 0 atom stereocenters. The third kappa shape index (κ3) is 2.11. The molecule has 1 aromatic heterocycles. The summed E-state index contributed by atoms with van der Waals surface area (Å²) in [5, 5.41) is 19.7. The number of phenols is 1. The van der Waals surface area contributed by atoms with E-state index in [1.54, 1.807) is 12.1 Å². The quantitative estimate of drug-likeness (QED) is 0.643. The Morgan fingerprint density at radius 3 is 2.83 bits per heavy atom. The zero-order valence-electron chi connectivity index (χ0n) is 9.97. The van der Waals surface area contributed by atoms with Crippen LogP contribution < -0.4 is 10.4 Å². The first-order valence-electron chi connectivity index (χ1n) is 5.75. The zero-order valence-corrected chi connectivity index (χ0v) is 9.97. The van der Waals surface area contributed by atoms with Crippen molar-refractivity contribution in [3.05, 3.63) is 28.6 Å². The van der Waals surface area contributed by atoms with Crippen LogP contribution in [0, 0.1) is 0 Å². The molecule has 0 aliphatic rings. The SMILES string of the molecule is CCCCOc1c(O)c2cccc(O)c2oc1=O. The molecule has 0 spiro atoms. The maximum Gasteiger partial charge on any atom is 0.383 e. The molecule has 0 aliphatic heterocycles. The Morgan fingerprint density at radius 1 is 1.33 bits per heavy atom. The van der Waals surface area contributed by atoms with Gasteiger partial charge in [-0.1, -0.05) is 19.4 Å². The highest BCUT2D eigenvalue weighted by Gasteiger charge is 2.16. The van der Waals surface area contributed by atoms with Gasteiger partial charge in [-0.15, -0.1) is 0 Å². The van der Waals surface area contributed by atoms with E-state index in [9.17, 15) is 15.0 Å². The van der Waals surface area contributed by atoms with E-state index in [1.165, 1.54) is 6.07 Å². The van der Waals surface area contributed by atoms with Crippen LogP contribution in [-0.2, 0) is 0 Å². The Balaban J connectivity index is 2.52. The number of fused-ring (bicyclic) bond motifs is 1.